The van der Waals surface area contributed by atoms with Crippen LogP contribution in [0.1, 0.15) is 11.2 Å². The smallest absolute Gasteiger partial charge is 0.325 e. The van der Waals surface area contributed by atoms with Crippen molar-refractivity contribution in [2.45, 2.75) is 5.66 Å². The summed E-state index contributed by atoms with van der Waals surface area (Å²) in [5.74, 6) is -0.726. The minimum Gasteiger partial charge on any atom is -0.325 e. The molecule has 5 nitrogen and oxygen atoms in total. The fraction of sp³-hybridized carbons (Fsp3) is 0.0500. The molecule has 3 aromatic carbocycles. The highest BCUT2D eigenvalue weighted by atomic mass is 32.1. The molecule has 0 aliphatic rings. The quantitative estimate of drug-likeness (QED) is 0.427. The molecule has 1 atom stereocenters. The number of rotatable bonds is 4. The first-order valence-electron chi connectivity index (χ1n) is 8.24. The van der Waals surface area contributed by atoms with Gasteiger partial charge in [-0.1, -0.05) is 48.5 Å². The number of anilines is 1. The molecular weight excluding hydrogens is 381 g/mol. The molecule has 1 amide bonds. The zero-order valence-electron chi connectivity index (χ0n) is 14.1. The van der Waals surface area contributed by atoms with E-state index in [0.717, 1.165) is 15.5 Å². The highest BCUT2D eigenvalue weighted by Crippen LogP contribution is 2.53. The molecule has 4 aromatic rings. The summed E-state index contributed by atoms with van der Waals surface area (Å²) in [5.41, 5.74) is -0.757. The fourth-order valence-corrected chi connectivity index (χ4v) is 4.99. The van der Waals surface area contributed by atoms with Gasteiger partial charge in [0.25, 0.3) is 0 Å². The summed E-state index contributed by atoms with van der Waals surface area (Å²) >= 11 is 1.54. The van der Waals surface area contributed by atoms with E-state index in [1.165, 1.54) is 11.3 Å². The van der Waals surface area contributed by atoms with E-state index < -0.39 is 19.2 Å². The SMILES string of the molecule is O=C(Nc1ccc2ccsc2c1)C(c1cccc2ccccc12)P(=O)(O)O. The van der Waals surface area contributed by atoms with Gasteiger partial charge in [0.1, 0.15) is 0 Å². The minimum absolute atomic E-state index is 0.316. The molecule has 1 unspecified atom stereocenters. The van der Waals surface area contributed by atoms with Gasteiger partial charge < -0.3 is 15.1 Å². The third-order valence-electron chi connectivity index (χ3n) is 4.43. The van der Waals surface area contributed by atoms with E-state index in [1.54, 1.807) is 36.4 Å². The van der Waals surface area contributed by atoms with E-state index in [-0.39, 0.29) is 0 Å². The minimum atomic E-state index is -4.74. The largest absolute Gasteiger partial charge is 0.342 e. The Morgan fingerprint density at radius 1 is 0.963 bits per heavy atom. The second kappa shape index (κ2) is 6.91. The van der Waals surface area contributed by atoms with Gasteiger partial charge in [0.05, 0.1) is 0 Å². The Balaban J connectivity index is 1.75. The van der Waals surface area contributed by atoms with Crippen LogP contribution in [0.4, 0.5) is 5.69 Å². The van der Waals surface area contributed by atoms with Gasteiger partial charge in [-0.3, -0.25) is 9.36 Å². The Hall–Kier alpha value is -2.50. The van der Waals surface area contributed by atoms with Crippen LogP contribution in [-0.2, 0) is 9.36 Å². The Bertz CT molecular complexity index is 1190. The normalized spacial score (nSPS) is 13.0. The van der Waals surface area contributed by atoms with Crippen LogP contribution in [0.25, 0.3) is 20.9 Å². The molecular formula is C20H16NO4PS. The highest BCUT2D eigenvalue weighted by molar-refractivity contribution is 7.53. The molecule has 0 spiro atoms. The number of benzene rings is 3. The number of carbonyl (C=O) groups is 1. The lowest BCUT2D eigenvalue weighted by Gasteiger charge is -2.20. The summed E-state index contributed by atoms with van der Waals surface area (Å²) in [6.07, 6.45) is 0. The number of nitrogens with one attached hydrogen (secondary N) is 1. The first-order chi connectivity index (χ1) is 12.9. The molecule has 0 aliphatic carbocycles. The van der Waals surface area contributed by atoms with Crippen molar-refractivity contribution in [2.75, 3.05) is 5.32 Å². The van der Waals surface area contributed by atoms with Gasteiger partial charge in [-0.15, -0.1) is 11.3 Å². The third kappa shape index (κ3) is 3.53. The van der Waals surface area contributed by atoms with Crippen molar-refractivity contribution < 1.29 is 19.1 Å². The van der Waals surface area contributed by atoms with Crippen LogP contribution in [0.15, 0.2) is 72.1 Å². The maximum absolute atomic E-state index is 12.9. The van der Waals surface area contributed by atoms with Crippen molar-refractivity contribution in [3.8, 4) is 0 Å². The van der Waals surface area contributed by atoms with Gasteiger partial charge in [0.2, 0.25) is 5.91 Å². The van der Waals surface area contributed by atoms with E-state index in [0.29, 0.717) is 16.6 Å². The maximum atomic E-state index is 12.9. The molecule has 27 heavy (non-hydrogen) atoms. The monoisotopic (exact) mass is 397 g/mol. The molecule has 4 rings (SSSR count). The van der Waals surface area contributed by atoms with Crippen LogP contribution in [0, 0.1) is 0 Å². The summed E-state index contributed by atoms with van der Waals surface area (Å²) < 4.78 is 13.2. The molecule has 3 N–H and O–H groups in total. The zero-order valence-corrected chi connectivity index (χ0v) is 15.8. The van der Waals surface area contributed by atoms with E-state index >= 15 is 0 Å². The van der Waals surface area contributed by atoms with E-state index in [1.807, 2.05) is 35.7 Å². The fourth-order valence-electron chi connectivity index (χ4n) is 3.21. The molecule has 0 fully saturated rings. The lowest BCUT2D eigenvalue weighted by molar-refractivity contribution is -0.116. The summed E-state index contributed by atoms with van der Waals surface area (Å²) in [6.45, 7) is 0. The Kier molecular flexibility index (Phi) is 4.58. The topological polar surface area (TPSA) is 86.6 Å². The number of hydrogen-bond donors (Lipinski definition) is 3. The molecule has 0 saturated carbocycles. The molecule has 0 radical (unpaired) electrons. The summed E-state index contributed by atoms with van der Waals surface area (Å²) in [4.78, 5) is 32.7. The number of fused-ring (bicyclic) bond motifs is 2. The molecule has 0 bridgehead atoms. The van der Waals surface area contributed by atoms with Crippen LogP contribution < -0.4 is 5.32 Å². The van der Waals surface area contributed by atoms with E-state index in [9.17, 15) is 19.1 Å². The average molecular weight is 397 g/mol. The predicted molar refractivity (Wildman–Crippen MR) is 109 cm³/mol. The van der Waals surface area contributed by atoms with Crippen molar-refractivity contribution in [3.05, 3.63) is 77.7 Å². The molecule has 0 saturated heterocycles. The molecule has 0 aliphatic heterocycles. The van der Waals surface area contributed by atoms with Crippen LogP contribution in [0.5, 0.6) is 0 Å². The highest BCUT2D eigenvalue weighted by Gasteiger charge is 2.38. The lowest BCUT2D eigenvalue weighted by atomic mass is 10.0. The molecule has 1 aromatic heterocycles. The Morgan fingerprint density at radius 2 is 1.74 bits per heavy atom. The van der Waals surface area contributed by atoms with Gasteiger partial charge >= 0.3 is 7.60 Å². The van der Waals surface area contributed by atoms with Crippen molar-refractivity contribution in [3.63, 3.8) is 0 Å². The van der Waals surface area contributed by atoms with Crippen LogP contribution in [-0.4, -0.2) is 15.7 Å². The first kappa shape index (κ1) is 17.9. The van der Waals surface area contributed by atoms with Crippen LogP contribution in [0.2, 0.25) is 0 Å². The summed E-state index contributed by atoms with van der Waals surface area (Å²) in [7, 11) is -4.74. The summed E-state index contributed by atoms with van der Waals surface area (Å²) in [5, 5.41) is 7.14. The molecule has 1 heterocycles. The number of hydrogen-bond acceptors (Lipinski definition) is 3. The third-order valence-corrected chi connectivity index (χ3v) is 6.49. The first-order valence-corrected chi connectivity index (χ1v) is 10.8. The van der Waals surface area contributed by atoms with Crippen molar-refractivity contribution in [1.29, 1.82) is 0 Å². The zero-order chi connectivity index (χ0) is 19.0. The number of amides is 1. The van der Waals surface area contributed by atoms with Gasteiger partial charge in [0, 0.05) is 10.4 Å². The predicted octanol–water partition coefficient (Wildman–Crippen LogP) is 4.91. The van der Waals surface area contributed by atoms with Gasteiger partial charge in [-0.05, 0) is 45.3 Å². The Morgan fingerprint density at radius 3 is 2.56 bits per heavy atom. The second-order valence-corrected chi connectivity index (χ2v) is 8.86. The second-order valence-electron chi connectivity index (χ2n) is 6.22. The van der Waals surface area contributed by atoms with Crippen LogP contribution in [0.3, 0.4) is 0 Å². The standard InChI is InChI=1S/C20H16NO4PS/c22-20(21-15-9-8-14-10-11-27-18(14)12-15)19(26(23,24)25)17-7-3-5-13-4-1-2-6-16(13)17/h1-12,19H,(H,21,22)(H2,23,24,25). The van der Waals surface area contributed by atoms with E-state index in [4.69, 9.17) is 0 Å². The number of thiophene rings is 1. The van der Waals surface area contributed by atoms with Crippen LogP contribution >= 0.6 is 18.9 Å². The molecule has 7 heteroatoms. The van der Waals surface area contributed by atoms with Crippen molar-refractivity contribution in [1.82, 2.24) is 0 Å². The van der Waals surface area contributed by atoms with E-state index in [2.05, 4.69) is 5.32 Å². The van der Waals surface area contributed by atoms with Gasteiger partial charge in [-0.25, -0.2) is 0 Å². The summed E-state index contributed by atoms with van der Waals surface area (Å²) in [6, 6.07) is 19.7. The maximum Gasteiger partial charge on any atom is 0.342 e. The number of carbonyl (C=O) groups excluding carboxylic acids is 1. The van der Waals surface area contributed by atoms with Gasteiger partial charge in [0.15, 0.2) is 5.66 Å². The lowest BCUT2D eigenvalue weighted by Crippen LogP contribution is -2.21. The van der Waals surface area contributed by atoms with Gasteiger partial charge in [-0.2, -0.15) is 0 Å². The average Bonchev–Trinajstić information content (AvgIpc) is 3.09. The van der Waals surface area contributed by atoms with Crippen molar-refractivity contribution >= 4 is 51.4 Å². The molecule has 136 valence electrons. The Labute approximate surface area is 159 Å². The van der Waals surface area contributed by atoms with Crippen molar-refractivity contribution in [2.24, 2.45) is 0 Å².